The van der Waals surface area contributed by atoms with Crippen LogP contribution in [0.4, 0.5) is 5.69 Å². The molecule has 0 aliphatic rings. The minimum Gasteiger partial charge on any atom is -0.408 e. The highest BCUT2D eigenvalue weighted by atomic mass is 16.4. The summed E-state index contributed by atoms with van der Waals surface area (Å²) in [7, 11) is 0. The Morgan fingerprint density at radius 2 is 2.28 bits per heavy atom. The van der Waals surface area contributed by atoms with Crippen molar-refractivity contribution in [3.8, 4) is 0 Å². The van der Waals surface area contributed by atoms with Gasteiger partial charge in [0.05, 0.1) is 17.8 Å². The van der Waals surface area contributed by atoms with Gasteiger partial charge in [-0.3, -0.25) is 4.98 Å². The van der Waals surface area contributed by atoms with Crippen LogP contribution >= 0.6 is 0 Å². The number of aromatic nitrogens is 3. The molecule has 6 nitrogen and oxygen atoms in total. The molecule has 0 radical (unpaired) electrons. The van der Waals surface area contributed by atoms with Crippen molar-refractivity contribution in [3.63, 3.8) is 0 Å². The quantitative estimate of drug-likeness (QED) is 0.727. The highest BCUT2D eigenvalue weighted by Crippen LogP contribution is 2.16. The normalized spacial score (nSPS) is 10.7. The average molecular weight is 242 g/mol. The predicted octanol–water partition coefficient (Wildman–Crippen LogP) is 1.52. The standard InChI is InChI=1S/C12H10N4O2/c17-12-16-10-5-8(1-2-11(10)18-12)14-6-9-3-4-13-7-15-9/h1-5,7,14H,6H2,(H,16,17). The smallest absolute Gasteiger partial charge is 0.408 e. The van der Waals surface area contributed by atoms with Crippen LogP contribution in [0.1, 0.15) is 5.69 Å². The highest BCUT2D eigenvalue weighted by molar-refractivity contribution is 5.76. The second kappa shape index (κ2) is 4.33. The van der Waals surface area contributed by atoms with Crippen LogP contribution in [0.2, 0.25) is 0 Å². The molecule has 90 valence electrons. The van der Waals surface area contributed by atoms with Gasteiger partial charge in [0.15, 0.2) is 5.58 Å². The molecule has 0 spiro atoms. The number of fused-ring (bicyclic) bond motifs is 1. The van der Waals surface area contributed by atoms with Crippen LogP contribution in [-0.4, -0.2) is 15.0 Å². The maximum atomic E-state index is 11.0. The second-order valence-electron chi connectivity index (χ2n) is 3.78. The number of hydrogen-bond acceptors (Lipinski definition) is 5. The van der Waals surface area contributed by atoms with Gasteiger partial charge in [0.2, 0.25) is 0 Å². The maximum Gasteiger partial charge on any atom is 0.417 e. The van der Waals surface area contributed by atoms with Crippen molar-refractivity contribution < 1.29 is 4.42 Å². The summed E-state index contributed by atoms with van der Waals surface area (Å²) in [6.07, 6.45) is 3.20. The van der Waals surface area contributed by atoms with Crippen LogP contribution in [-0.2, 0) is 6.54 Å². The number of nitrogens with zero attached hydrogens (tertiary/aromatic N) is 2. The van der Waals surface area contributed by atoms with Crippen molar-refractivity contribution in [2.75, 3.05) is 5.32 Å². The summed E-state index contributed by atoms with van der Waals surface area (Å²) in [6, 6.07) is 7.25. The molecule has 0 saturated carbocycles. The zero-order valence-electron chi connectivity index (χ0n) is 9.38. The average Bonchev–Trinajstić information content (AvgIpc) is 2.77. The molecule has 2 N–H and O–H groups in total. The monoisotopic (exact) mass is 242 g/mol. The Bertz CT molecular complexity index is 718. The first-order valence-electron chi connectivity index (χ1n) is 5.43. The van der Waals surface area contributed by atoms with E-state index >= 15 is 0 Å². The molecule has 0 atom stereocenters. The van der Waals surface area contributed by atoms with Crippen LogP contribution < -0.4 is 11.1 Å². The van der Waals surface area contributed by atoms with E-state index in [1.165, 1.54) is 6.33 Å². The molecule has 2 aromatic heterocycles. The summed E-state index contributed by atoms with van der Waals surface area (Å²) in [5.74, 6) is -0.446. The Labute approximate surface area is 102 Å². The number of nitrogens with one attached hydrogen (secondary N) is 2. The molecule has 3 rings (SSSR count). The Hall–Kier alpha value is -2.63. The van der Waals surface area contributed by atoms with Gasteiger partial charge in [0.1, 0.15) is 6.33 Å². The molecule has 2 heterocycles. The number of H-pyrrole nitrogens is 1. The zero-order valence-corrected chi connectivity index (χ0v) is 9.38. The Morgan fingerprint density at radius 1 is 1.33 bits per heavy atom. The van der Waals surface area contributed by atoms with Gasteiger partial charge in [0.25, 0.3) is 0 Å². The molecule has 0 fully saturated rings. The maximum absolute atomic E-state index is 11.0. The van der Waals surface area contributed by atoms with Gasteiger partial charge in [-0.05, 0) is 24.3 Å². The van der Waals surface area contributed by atoms with Gasteiger partial charge >= 0.3 is 5.76 Å². The zero-order chi connectivity index (χ0) is 12.4. The van der Waals surface area contributed by atoms with E-state index in [2.05, 4.69) is 20.3 Å². The fraction of sp³-hybridized carbons (Fsp3) is 0.0833. The molecular weight excluding hydrogens is 232 g/mol. The molecule has 6 heteroatoms. The van der Waals surface area contributed by atoms with Gasteiger partial charge in [-0.1, -0.05) is 0 Å². The number of anilines is 1. The van der Waals surface area contributed by atoms with Gasteiger partial charge in [-0.15, -0.1) is 0 Å². The van der Waals surface area contributed by atoms with Crippen molar-refractivity contribution in [1.29, 1.82) is 0 Å². The van der Waals surface area contributed by atoms with Crippen molar-refractivity contribution >= 4 is 16.8 Å². The predicted molar refractivity (Wildman–Crippen MR) is 66.2 cm³/mol. The summed E-state index contributed by atoms with van der Waals surface area (Å²) >= 11 is 0. The molecule has 0 aliphatic heterocycles. The van der Waals surface area contributed by atoms with E-state index in [-0.39, 0.29) is 0 Å². The number of oxazole rings is 1. The number of hydrogen-bond donors (Lipinski definition) is 2. The van der Waals surface area contributed by atoms with E-state index in [9.17, 15) is 4.79 Å². The van der Waals surface area contributed by atoms with Crippen molar-refractivity contribution in [2.24, 2.45) is 0 Å². The summed E-state index contributed by atoms with van der Waals surface area (Å²) in [6.45, 7) is 0.593. The third kappa shape index (κ3) is 2.08. The lowest BCUT2D eigenvalue weighted by atomic mass is 10.3. The molecule has 0 amide bonds. The van der Waals surface area contributed by atoms with Crippen LogP contribution in [0.25, 0.3) is 11.1 Å². The molecule has 0 bridgehead atoms. The Morgan fingerprint density at radius 3 is 3.11 bits per heavy atom. The fourth-order valence-corrected chi connectivity index (χ4v) is 1.68. The Balaban J connectivity index is 1.80. The minimum absolute atomic E-state index is 0.446. The van der Waals surface area contributed by atoms with Crippen molar-refractivity contribution in [3.05, 3.63) is 53.0 Å². The first-order valence-corrected chi connectivity index (χ1v) is 5.43. The number of aromatic amines is 1. The van der Waals surface area contributed by atoms with E-state index in [1.54, 1.807) is 12.3 Å². The molecule has 0 saturated heterocycles. The lowest BCUT2D eigenvalue weighted by Gasteiger charge is -2.04. The summed E-state index contributed by atoms with van der Waals surface area (Å²) in [4.78, 5) is 21.6. The van der Waals surface area contributed by atoms with E-state index < -0.39 is 5.76 Å². The van der Waals surface area contributed by atoms with E-state index in [0.29, 0.717) is 17.6 Å². The van der Waals surface area contributed by atoms with Gasteiger partial charge < -0.3 is 9.73 Å². The van der Waals surface area contributed by atoms with E-state index in [0.717, 1.165) is 11.4 Å². The number of benzene rings is 1. The molecule has 0 aliphatic carbocycles. The lowest BCUT2D eigenvalue weighted by Crippen LogP contribution is -2.01. The molecule has 3 aromatic rings. The largest absolute Gasteiger partial charge is 0.417 e. The van der Waals surface area contributed by atoms with Crippen LogP contribution in [0.3, 0.4) is 0 Å². The molecule has 0 unspecified atom stereocenters. The molecule has 1 aromatic carbocycles. The summed E-state index contributed by atoms with van der Waals surface area (Å²) in [5.41, 5.74) is 3.00. The molecular formula is C12H10N4O2. The highest BCUT2D eigenvalue weighted by Gasteiger charge is 2.02. The van der Waals surface area contributed by atoms with Crippen molar-refractivity contribution in [2.45, 2.75) is 6.54 Å². The minimum atomic E-state index is -0.446. The van der Waals surface area contributed by atoms with E-state index in [1.807, 2.05) is 18.2 Å². The fourth-order valence-electron chi connectivity index (χ4n) is 1.68. The Kier molecular flexibility index (Phi) is 2.53. The topological polar surface area (TPSA) is 83.8 Å². The summed E-state index contributed by atoms with van der Waals surface area (Å²) < 4.78 is 4.93. The van der Waals surface area contributed by atoms with E-state index in [4.69, 9.17) is 4.42 Å². The SMILES string of the molecule is O=c1[nH]c2cc(NCc3ccncn3)ccc2o1. The third-order valence-corrected chi connectivity index (χ3v) is 2.54. The first-order chi connectivity index (χ1) is 8.81. The first kappa shape index (κ1) is 10.5. The van der Waals surface area contributed by atoms with Gasteiger partial charge in [-0.25, -0.2) is 14.8 Å². The molecule has 18 heavy (non-hydrogen) atoms. The van der Waals surface area contributed by atoms with Gasteiger partial charge in [-0.2, -0.15) is 0 Å². The second-order valence-corrected chi connectivity index (χ2v) is 3.78. The third-order valence-electron chi connectivity index (χ3n) is 2.54. The van der Waals surface area contributed by atoms with Crippen LogP contribution in [0.15, 0.2) is 46.0 Å². The van der Waals surface area contributed by atoms with Crippen LogP contribution in [0.5, 0.6) is 0 Å². The lowest BCUT2D eigenvalue weighted by molar-refractivity contribution is 0.555. The van der Waals surface area contributed by atoms with Crippen molar-refractivity contribution in [1.82, 2.24) is 15.0 Å². The van der Waals surface area contributed by atoms with Crippen LogP contribution in [0, 0.1) is 0 Å². The summed E-state index contributed by atoms with van der Waals surface area (Å²) in [5, 5.41) is 3.21. The number of rotatable bonds is 3. The van der Waals surface area contributed by atoms with Gasteiger partial charge in [0, 0.05) is 11.9 Å².